The van der Waals surface area contributed by atoms with Crippen molar-refractivity contribution < 1.29 is 4.79 Å². The van der Waals surface area contributed by atoms with Crippen molar-refractivity contribution in [1.82, 2.24) is 24.6 Å². The number of rotatable bonds is 3. The van der Waals surface area contributed by atoms with Crippen LogP contribution in [0.1, 0.15) is 34.8 Å². The molecular weight excluding hydrogens is 314 g/mol. The van der Waals surface area contributed by atoms with Gasteiger partial charge in [-0.3, -0.25) is 14.4 Å². The van der Waals surface area contributed by atoms with Crippen molar-refractivity contribution in [3.05, 3.63) is 53.5 Å². The molecule has 1 aromatic carbocycles. The predicted octanol–water partition coefficient (Wildman–Crippen LogP) is 2.64. The van der Waals surface area contributed by atoms with E-state index in [2.05, 4.69) is 34.2 Å². The number of nitrogens with zero attached hydrogens (tertiary/aromatic N) is 4. The lowest BCUT2D eigenvalue weighted by Gasteiger charge is -2.23. The number of nitrogens with one attached hydrogen (secondary N) is 1. The maximum atomic E-state index is 12.9. The van der Waals surface area contributed by atoms with Gasteiger partial charge in [-0.25, -0.2) is 0 Å². The molecule has 0 bridgehead atoms. The highest BCUT2D eigenvalue weighted by molar-refractivity contribution is 5.92. The van der Waals surface area contributed by atoms with E-state index >= 15 is 0 Å². The Morgan fingerprint density at radius 2 is 2.08 bits per heavy atom. The third-order valence-electron chi connectivity index (χ3n) is 5.11. The van der Waals surface area contributed by atoms with Crippen LogP contribution in [-0.4, -0.2) is 51.1 Å². The zero-order valence-corrected chi connectivity index (χ0v) is 14.9. The molecule has 1 aliphatic heterocycles. The molecule has 0 radical (unpaired) electrons. The first-order valence-electron chi connectivity index (χ1n) is 8.63. The number of likely N-dealkylation sites (N-methyl/N-ethyl adjacent to an activating group) is 1. The van der Waals surface area contributed by atoms with Crippen molar-refractivity contribution in [3.63, 3.8) is 0 Å². The maximum Gasteiger partial charge on any atom is 0.274 e. The van der Waals surface area contributed by atoms with Crippen molar-refractivity contribution in [1.29, 1.82) is 0 Å². The standard InChI is InChI=1S/C19H23N5O/c1-13(17-10-14-6-4-5-7-16(14)20-17)23(3)19(25)18-11-15-12-22(2)8-9-24(15)21-18/h4-7,10-11,13,20H,8-9,12H2,1-3H3/t13-/m1/s1. The van der Waals surface area contributed by atoms with Crippen molar-refractivity contribution in [2.45, 2.75) is 26.1 Å². The lowest BCUT2D eigenvalue weighted by atomic mass is 10.2. The van der Waals surface area contributed by atoms with E-state index in [9.17, 15) is 4.79 Å². The molecule has 0 fully saturated rings. The van der Waals surface area contributed by atoms with Gasteiger partial charge in [0, 0.05) is 31.3 Å². The second-order valence-corrected chi connectivity index (χ2v) is 6.89. The number of amides is 1. The lowest BCUT2D eigenvalue weighted by molar-refractivity contribution is 0.0733. The van der Waals surface area contributed by atoms with E-state index in [1.807, 2.05) is 42.9 Å². The molecule has 2 aromatic heterocycles. The van der Waals surface area contributed by atoms with Gasteiger partial charge < -0.3 is 9.88 Å². The number of benzene rings is 1. The Kier molecular flexibility index (Phi) is 3.84. The van der Waals surface area contributed by atoms with E-state index in [1.165, 1.54) is 0 Å². The van der Waals surface area contributed by atoms with Crippen LogP contribution in [-0.2, 0) is 13.1 Å². The number of carbonyl (C=O) groups is 1. The normalized spacial score (nSPS) is 16.0. The molecule has 0 unspecified atom stereocenters. The van der Waals surface area contributed by atoms with Gasteiger partial charge in [0.15, 0.2) is 5.69 Å². The van der Waals surface area contributed by atoms with Crippen LogP contribution in [0.5, 0.6) is 0 Å². The molecule has 0 spiro atoms. The van der Waals surface area contributed by atoms with Gasteiger partial charge in [0.2, 0.25) is 0 Å². The fourth-order valence-corrected chi connectivity index (χ4v) is 3.39. The highest BCUT2D eigenvalue weighted by Gasteiger charge is 2.25. The minimum atomic E-state index is -0.0544. The summed E-state index contributed by atoms with van der Waals surface area (Å²) >= 11 is 0. The molecule has 25 heavy (non-hydrogen) atoms. The zero-order chi connectivity index (χ0) is 17.6. The molecule has 3 aromatic rings. The van der Waals surface area contributed by atoms with Crippen molar-refractivity contribution >= 4 is 16.8 Å². The number of aromatic amines is 1. The average molecular weight is 337 g/mol. The first kappa shape index (κ1) is 15.9. The fourth-order valence-electron chi connectivity index (χ4n) is 3.39. The molecule has 6 heteroatoms. The van der Waals surface area contributed by atoms with Crippen LogP contribution in [0.4, 0.5) is 0 Å². The SMILES string of the molecule is C[C@H](c1cc2ccccc2[nH]1)N(C)C(=O)c1cc2n(n1)CCN(C)C2. The van der Waals surface area contributed by atoms with Crippen LogP contribution in [0.3, 0.4) is 0 Å². The summed E-state index contributed by atoms with van der Waals surface area (Å²) in [4.78, 5) is 20.3. The third-order valence-corrected chi connectivity index (χ3v) is 5.11. The Labute approximate surface area is 147 Å². The fraction of sp³-hybridized carbons (Fsp3) is 0.368. The third kappa shape index (κ3) is 2.82. The predicted molar refractivity (Wildman–Crippen MR) is 97.4 cm³/mol. The number of aromatic nitrogens is 3. The quantitative estimate of drug-likeness (QED) is 0.799. The number of carbonyl (C=O) groups excluding carboxylic acids is 1. The Bertz CT molecular complexity index is 892. The summed E-state index contributed by atoms with van der Waals surface area (Å²) < 4.78 is 1.95. The van der Waals surface area contributed by atoms with Crippen LogP contribution in [0.25, 0.3) is 10.9 Å². The van der Waals surface area contributed by atoms with E-state index in [1.54, 1.807) is 4.90 Å². The second-order valence-electron chi connectivity index (χ2n) is 6.89. The van der Waals surface area contributed by atoms with Crippen molar-refractivity contribution in [3.8, 4) is 0 Å². The number of fused-ring (bicyclic) bond motifs is 2. The number of hydrogen-bond acceptors (Lipinski definition) is 3. The monoisotopic (exact) mass is 337 g/mol. The van der Waals surface area contributed by atoms with Gasteiger partial charge >= 0.3 is 0 Å². The van der Waals surface area contributed by atoms with Crippen LogP contribution >= 0.6 is 0 Å². The molecule has 0 saturated heterocycles. The lowest BCUT2D eigenvalue weighted by Crippen LogP contribution is -2.31. The molecule has 1 amide bonds. The van der Waals surface area contributed by atoms with Gasteiger partial charge in [0.1, 0.15) is 0 Å². The smallest absolute Gasteiger partial charge is 0.274 e. The van der Waals surface area contributed by atoms with Gasteiger partial charge in [-0.2, -0.15) is 5.10 Å². The van der Waals surface area contributed by atoms with Crippen molar-refractivity contribution in [2.75, 3.05) is 20.6 Å². The Hall–Kier alpha value is -2.60. The molecule has 3 heterocycles. The minimum Gasteiger partial charge on any atom is -0.357 e. The summed E-state index contributed by atoms with van der Waals surface area (Å²) in [5.74, 6) is -0.0456. The van der Waals surface area contributed by atoms with E-state index < -0.39 is 0 Å². The highest BCUT2D eigenvalue weighted by atomic mass is 16.2. The molecular formula is C19H23N5O. The van der Waals surface area contributed by atoms with Gasteiger partial charge in [-0.05, 0) is 37.6 Å². The van der Waals surface area contributed by atoms with E-state index in [4.69, 9.17) is 0 Å². The van der Waals surface area contributed by atoms with Crippen LogP contribution in [0.2, 0.25) is 0 Å². The number of hydrogen-bond donors (Lipinski definition) is 1. The first-order chi connectivity index (χ1) is 12.0. The van der Waals surface area contributed by atoms with E-state index in [0.29, 0.717) is 5.69 Å². The van der Waals surface area contributed by atoms with Crippen LogP contribution < -0.4 is 0 Å². The van der Waals surface area contributed by atoms with E-state index in [0.717, 1.165) is 41.9 Å². The molecule has 1 atom stereocenters. The summed E-state index contributed by atoms with van der Waals surface area (Å²) in [5.41, 5.74) is 3.74. The minimum absolute atomic E-state index is 0.0456. The molecule has 0 saturated carbocycles. The summed E-state index contributed by atoms with van der Waals surface area (Å²) in [5, 5.41) is 5.67. The zero-order valence-electron chi connectivity index (χ0n) is 14.9. The van der Waals surface area contributed by atoms with Gasteiger partial charge in [-0.15, -0.1) is 0 Å². The second kappa shape index (κ2) is 6.04. The molecule has 4 rings (SSSR count). The Morgan fingerprint density at radius 1 is 1.28 bits per heavy atom. The number of para-hydroxylation sites is 1. The topological polar surface area (TPSA) is 57.2 Å². The van der Waals surface area contributed by atoms with Gasteiger partial charge in [-0.1, -0.05) is 18.2 Å². The molecule has 0 aliphatic carbocycles. The average Bonchev–Trinajstić information content (AvgIpc) is 3.23. The Morgan fingerprint density at radius 3 is 2.88 bits per heavy atom. The van der Waals surface area contributed by atoms with Crippen molar-refractivity contribution in [2.24, 2.45) is 0 Å². The first-order valence-corrected chi connectivity index (χ1v) is 8.63. The Balaban J connectivity index is 1.57. The molecule has 1 aliphatic rings. The van der Waals surface area contributed by atoms with Gasteiger partial charge in [0.25, 0.3) is 5.91 Å². The summed E-state index contributed by atoms with van der Waals surface area (Å²) in [7, 11) is 3.92. The summed E-state index contributed by atoms with van der Waals surface area (Å²) in [6.45, 7) is 4.66. The number of H-pyrrole nitrogens is 1. The van der Waals surface area contributed by atoms with Gasteiger partial charge in [0.05, 0.1) is 18.3 Å². The molecule has 1 N–H and O–H groups in total. The molecule has 130 valence electrons. The van der Waals surface area contributed by atoms with Crippen LogP contribution in [0, 0.1) is 0 Å². The van der Waals surface area contributed by atoms with E-state index in [-0.39, 0.29) is 11.9 Å². The van der Waals surface area contributed by atoms with Crippen LogP contribution in [0.15, 0.2) is 36.4 Å². The summed E-state index contributed by atoms with van der Waals surface area (Å²) in [6.07, 6.45) is 0. The highest BCUT2D eigenvalue weighted by Crippen LogP contribution is 2.24. The summed E-state index contributed by atoms with van der Waals surface area (Å²) in [6, 6.07) is 12.1. The largest absolute Gasteiger partial charge is 0.357 e. The maximum absolute atomic E-state index is 12.9. The molecule has 6 nitrogen and oxygen atoms in total.